The largest absolute Gasteiger partial charge is 0.341 e. The van der Waals surface area contributed by atoms with Crippen LogP contribution >= 0.6 is 11.6 Å². The summed E-state index contributed by atoms with van der Waals surface area (Å²) in [6, 6.07) is 5.47. The molecule has 144 valence electrons. The van der Waals surface area contributed by atoms with Crippen LogP contribution in [0, 0.1) is 11.6 Å². The van der Waals surface area contributed by atoms with Gasteiger partial charge in [0.05, 0.1) is 6.20 Å². The molecule has 1 aliphatic heterocycles. The van der Waals surface area contributed by atoms with Gasteiger partial charge in [0.15, 0.2) is 0 Å². The number of hydrogen-bond acceptors (Lipinski definition) is 4. The standard InChI is InChI=1S/C19H21ClF2N4O/c20-13-4-3-12(16(21)8-13)10-26(14-5-6-14)15-2-1-7-25(11-15)19-23-9-17(22)18(27)24-19/h3-4,8-9,14-15H,1-2,5-7,10-11H2,(H,23,24,27). The average Bonchev–Trinajstić information content (AvgIpc) is 3.48. The van der Waals surface area contributed by atoms with E-state index in [4.69, 9.17) is 11.6 Å². The van der Waals surface area contributed by atoms with Gasteiger partial charge in [-0.05, 0) is 37.8 Å². The second kappa shape index (κ2) is 7.56. The minimum Gasteiger partial charge on any atom is -0.341 e. The van der Waals surface area contributed by atoms with Crippen LogP contribution in [0.25, 0.3) is 0 Å². The van der Waals surface area contributed by atoms with Crippen LogP contribution in [0.5, 0.6) is 0 Å². The second-order valence-corrected chi connectivity index (χ2v) is 7.70. The minimum atomic E-state index is -0.884. The highest BCUT2D eigenvalue weighted by Gasteiger charge is 2.36. The molecule has 0 amide bonds. The number of aromatic nitrogens is 2. The summed E-state index contributed by atoms with van der Waals surface area (Å²) >= 11 is 5.86. The van der Waals surface area contributed by atoms with Crippen molar-refractivity contribution in [1.82, 2.24) is 14.9 Å². The summed E-state index contributed by atoms with van der Waals surface area (Å²) in [7, 11) is 0. The predicted octanol–water partition coefficient (Wildman–Crippen LogP) is 3.33. The lowest BCUT2D eigenvalue weighted by atomic mass is 10.0. The SMILES string of the molecule is O=c1[nH]c(N2CCCC(N(Cc3ccc(Cl)cc3F)C3CC3)C2)ncc1F. The molecule has 2 aliphatic rings. The first-order chi connectivity index (χ1) is 13.0. The van der Waals surface area contributed by atoms with E-state index in [1.165, 1.54) is 6.07 Å². The number of benzene rings is 1. The normalized spacial score (nSPS) is 20.3. The molecule has 1 saturated carbocycles. The third kappa shape index (κ3) is 4.14. The molecule has 0 spiro atoms. The summed E-state index contributed by atoms with van der Waals surface area (Å²) in [4.78, 5) is 22.4. The van der Waals surface area contributed by atoms with Gasteiger partial charge < -0.3 is 4.90 Å². The zero-order chi connectivity index (χ0) is 19.0. The van der Waals surface area contributed by atoms with Gasteiger partial charge in [0.25, 0.3) is 5.56 Å². The Kier molecular flexibility index (Phi) is 5.14. The topological polar surface area (TPSA) is 52.2 Å². The summed E-state index contributed by atoms with van der Waals surface area (Å²) in [5.41, 5.74) is -0.124. The van der Waals surface area contributed by atoms with Crippen molar-refractivity contribution >= 4 is 17.5 Å². The van der Waals surface area contributed by atoms with Crippen molar-refractivity contribution in [3.8, 4) is 0 Å². The smallest absolute Gasteiger partial charge is 0.288 e. The lowest BCUT2D eigenvalue weighted by molar-refractivity contribution is 0.155. The first kappa shape index (κ1) is 18.4. The molecular formula is C19H21ClF2N4O. The molecule has 1 aliphatic carbocycles. The summed E-state index contributed by atoms with van der Waals surface area (Å²) in [5, 5.41) is 0.393. The van der Waals surface area contributed by atoms with Crippen LogP contribution in [-0.4, -0.2) is 40.0 Å². The maximum atomic E-state index is 14.3. The molecule has 0 bridgehead atoms. The number of anilines is 1. The summed E-state index contributed by atoms with van der Waals surface area (Å²) in [6.45, 7) is 1.94. The number of rotatable bonds is 5. The van der Waals surface area contributed by atoms with E-state index in [1.54, 1.807) is 12.1 Å². The zero-order valence-electron chi connectivity index (χ0n) is 14.8. The maximum Gasteiger partial charge on any atom is 0.288 e. The number of nitrogens with one attached hydrogen (secondary N) is 1. The summed E-state index contributed by atoms with van der Waals surface area (Å²) in [6.07, 6.45) is 5.10. The van der Waals surface area contributed by atoms with E-state index in [0.29, 0.717) is 35.7 Å². The van der Waals surface area contributed by atoms with E-state index < -0.39 is 11.4 Å². The Morgan fingerprint density at radius 1 is 1.22 bits per heavy atom. The number of hydrogen-bond donors (Lipinski definition) is 1. The zero-order valence-corrected chi connectivity index (χ0v) is 15.6. The van der Waals surface area contributed by atoms with E-state index in [0.717, 1.165) is 38.4 Å². The quantitative estimate of drug-likeness (QED) is 0.845. The maximum absolute atomic E-state index is 14.3. The van der Waals surface area contributed by atoms with E-state index in [9.17, 15) is 13.6 Å². The molecule has 8 heteroatoms. The third-order valence-electron chi connectivity index (χ3n) is 5.29. The van der Waals surface area contributed by atoms with Crippen LogP contribution in [0.15, 0.2) is 29.2 Å². The average molecular weight is 395 g/mol. The first-order valence-corrected chi connectivity index (χ1v) is 9.58. The monoisotopic (exact) mass is 394 g/mol. The molecule has 1 N–H and O–H groups in total. The van der Waals surface area contributed by atoms with Crippen LogP contribution in [0.3, 0.4) is 0 Å². The van der Waals surface area contributed by atoms with Crippen LogP contribution in [-0.2, 0) is 6.54 Å². The number of piperidine rings is 1. The molecule has 0 radical (unpaired) electrons. The van der Waals surface area contributed by atoms with Gasteiger partial charge in [-0.25, -0.2) is 9.37 Å². The molecule has 5 nitrogen and oxygen atoms in total. The molecule has 2 heterocycles. The van der Waals surface area contributed by atoms with Crippen molar-refractivity contribution in [2.24, 2.45) is 0 Å². The fourth-order valence-corrected chi connectivity index (χ4v) is 3.92. The lowest BCUT2D eigenvalue weighted by Gasteiger charge is -2.40. The Labute approximate surface area is 161 Å². The van der Waals surface area contributed by atoms with Crippen molar-refractivity contribution in [3.63, 3.8) is 0 Å². The fourth-order valence-electron chi connectivity index (χ4n) is 3.76. The molecular weight excluding hydrogens is 374 g/mol. The van der Waals surface area contributed by atoms with E-state index in [1.807, 2.05) is 4.90 Å². The molecule has 2 aromatic rings. The Morgan fingerprint density at radius 2 is 2.04 bits per heavy atom. The van der Waals surface area contributed by atoms with Gasteiger partial charge in [0, 0.05) is 42.3 Å². The Bertz CT molecular complexity index is 886. The molecule has 1 atom stereocenters. The van der Waals surface area contributed by atoms with Gasteiger partial charge in [-0.15, -0.1) is 0 Å². The highest BCUT2D eigenvalue weighted by Crippen LogP contribution is 2.33. The molecule has 1 saturated heterocycles. The fraction of sp³-hybridized carbons (Fsp3) is 0.474. The number of halogens is 3. The predicted molar refractivity (Wildman–Crippen MR) is 100 cm³/mol. The van der Waals surface area contributed by atoms with Crippen molar-refractivity contribution in [1.29, 1.82) is 0 Å². The molecule has 4 rings (SSSR count). The first-order valence-electron chi connectivity index (χ1n) is 9.20. The van der Waals surface area contributed by atoms with E-state index >= 15 is 0 Å². The van der Waals surface area contributed by atoms with Crippen molar-refractivity contribution in [3.05, 3.63) is 57.0 Å². The molecule has 1 aromatic heterocycles. The van der Waals surface area contributed by atoms with Gasteiger partial charge in [-0.1, -0.05) is 17.7 Å². The van der Waals surface area contributed by atoms with Crippen molar-refractivity contribution in [2.45, 2.75) is 44.3 Å². The van der Waals surface area contributed by atoms with Crippen LogP contribution in [0.4, 0.5) is 14.7 Å². The second-order valence-electron chi connectivity index (χ2n) is 7.27. The van der Waals surface area contributed by atoms with Crippen LogP contribution < -0.4 is 10.5 Å². The van der Waals surface area contributed by atoms with Gasteiger partial charge in [0.1, 0.15) is 5.82 Å². The van der Waals surface area contributed by atoms with Gasteiger partial charge in [0.2, 0.25) is 11.8 Å². The van der Waals surface area contributed by atoms with Crippen LogP contribution in [0.1, 0.15) is 31.2 Å². The number of aromatic amines is 1. The Morgan fingerprint density at radius 3 is 2.74 bits per heavy atom. The molecule has 2 fully saturated rings. The number of H-pyrrole nitrogens is 1. The molecule has 1 unspecified atom stereocenters. The summed E-state index contributed by atoms with van der Waals surface area (Å²) in [5.74, 6) is -0.782. The van der Waals surface area contributed by atoms with Gasteiger partial charge in [-0.3, -0.25) is 14.7 Å². The lowest BCUT2D eigenvalue weighted by Crippen LogP contribution is -2.49. The highest BCUT2D eigenvalue weighted by atomic mass is 35.5. The highest BCUT2D eigenvalue weighted by molar-refractivity contribution is 6.30. The van der Waals surface area contributed by atoms with Crippen molar-refractivity contribution in [2.75, 3.05) is 18.0 Å². The van der Waals surface area contributed by atoms with Crippen LogP contribution in [0.2, 0.25) is 5.02 Å². The van der Waals surface area contributed by atoms with E-state index in [2.05, 4.69) is 14.9 Å². The van der Waals surface area contributed by atoms with E-state index in [-0.39, 0.29) is 11.9 Å². The molecule has 1 aromatic carbocycles. The Balaban J connectivity index is 1.52. The third-order valence-corrected chi connectivity index (χ3v) is 5.53. The Hall–Kier alpha value is -1.99. The van der Waals surface area contributed by atoms with Crippen molar-refractivity contribution < 1.29 is 8.78 Å². The van der Waals surface area contributed by atoms with Gasteiger partial charge in [-0.2, -0.15) is 4.39 Å². The minimum absolute atomic E-state index is 0.219. The summed E-state index contributed by atoms with van der Waals surface area (Å²) < 4.78 is 27.5. The number of nitrogens with zero attached hydrogens (tertiary/aromatic N) is 3. The molecule has 27 heavy (non-hydrogen) atoms. The van der Waals surface area contributed by atoms with Gasteiger partial charge >= 0.3 is 0 Å².